The first-order valence-corrected chi connectivity index (χ1v) is 5.58. The summed E-state index contributed by atoms with van der Waals surface area (Å²) in [6, 6.07) is 8.37. The van der Waals surface area contributed by atoms with E-state index in [2.05, 4.69) is 0 Å². The summed E-state index contributed by atoms with van der Waals surface area (Å²) < 4.78 is 44.6. The highest BCUT2D eigenvalue weighted by atomic mass is 19.1. The molecule has 5 heteroatoms. The minimum Gasteiger partial charge on any atom is -0.487 e. The van der Waals surface area contributed by atoms with E-state index in [4.69, 9.17) is 4.74 Å². The van der Waals surface area contributed by atoms with E-state index >= 15 is 0 Å². The third-order valence-electron chi connectivity index (χ3n) is 2.55. The smallest absolute Gasteiger partial charge is 0.165 e. The number of para-hydroxylation sites is 1. The van der Waals surface area contributed by atoms with Crippen LogP contribution in [0.3, 0.4) is 0 Å². The lowest BCUT2D eigenvalue weighted by Gasteiger charge is -2.13. The maximum Gasteiger partial charge on any atom is 0.165 e. The second kappa shape index (κ2) is 5.75. The molecule has 0 aliphatic rings. The van der Waals surface area contributed by atoms with E-state index in [1.165, 1.54) is 18.2 Å². The SMILES string of the molecule is OC(COc1ccccc1F)c1cc(F)ccc1F. The van der Waals surface area contributed by atoms with Gasteiger partial charge in [0.15, 0.2) is 11.6 Å². The quantitative estimate of drug-likeness (QED) is 0.922. The van der Waals surface area contributed by atoms with Crippen molar-refractivity contribution >= 4 is 0 Å². The van der Waals surface area contributed by atoms with Gasteiger partial charge in [0.25, 0.3) is 0 Å². The first-order valence-electron chi connectivity index (χ1n) is 5.58. The van der Waals surface area contributed by atoms with Gasteiger partial charge in [0.1, 0.15) is 24.3 Å². The van der Waals surface area contributed by atoms with Gasteiger partial charge in [-0.2, -0.15) is 0 Å². The Kier molecular flexibility index (Phi) is 4.06. The minimum absolute atomic E-state index is 0.0571. The highest BCUT2D eigenvalue weighted by molar-refractivity contribution is 5.25. The van der Waals surface area contributed by atoms with Gasteiger partial charge < -0.3 is 9.84 Å². The molecule has 0 aromatic heterocycles. The van der Waals surface area contributed by atoms with Crippen LogP contribution in [-0.4, -0.2) is 11.7 Å². The Bertz CT molecular complexity index is 572. The Morgan fingerprint density at radius 2 is 1.74 bits per heavy atom. The summed E-state index contributed by atoms with van der Waals surface area (Å²) in [7, 11) is 0. The lowest BCUT2D eigenvalue weighted by molar-refractivity contribution is 0.102. The van der Waals surface area contributed by atoms with Crippen LogP contribution in [0.4, 0.5) is 13.2 Å². The molecular weight excluding hydrogens is 257 g/mol. The first-order chi connectivity index (χ1) is 9.08. The summed E-state index contributed by atoms with van der Waals surface area (Å²) in [4.78, 5) is 0. The summed E-state index contributed by atoms with van der Waals surface area (Å²) >= 11 is 0. The number of rotatable bonds is 4. The van der Waals surface area contributed by atoms with E-state index in [0.717, 1.165) is 18.2 Å². The second-order valence-electron chi connectivity index (χ2n) is 3.92. The average molecular weight is 268 g/mol. The number of aliphatic hydroxyl groups excluding tert-OH is 1. The number of ether oxygens (including phenoxy) is 1. The number of aliphatic hydroxyl groups is 1. The van der Waals surface area contributed by atoms with E-state index in [-0.39, 0.29) is 17.9 Å². The molecule has 0 aliphatic heterocycles. The molecule has 2 aromatic carbocycles. The molecule has 0 aliphatic carbocycles. The largest absolute Gasteiger partial charge is 0.487 e. The molecule has 0 saturated heterocycles. The molecule has 0 radical (unpaired) electrons. The molecule has 0 amide bonds. The molecule has 19 heavy (non-hydrogen) atoms. The molecule has 0 saturated carbocycles. The fourth-order valence-corrected chi connectivity index (χ4v) is 1.59. The summed E-state index contributed by atoms with van der Waals surface area (Å²) in [5.74, 6) is -2.06. The van der Waals surface area contributed by atoms with E-state index in [9.17, 15) is 18.3 Å². The van der Waals surface area contributed by atoms with Gasteiger partial charge in [0, 0.05) is 5.56 Å². The first kappa shape index (κ1) is 13.4. The molecule has 0 heterocycles. The van der Waals surface area contributed by atoms with Gasteiger partial charge in [0.05, 0.1) is 0 Å². The van der Waals surface area contributed by atoms with Gasteiger partial charge in [-0.1, -0.05) is 12.1 Å². The summed E-state index contributed by atoms with van der Waals surface area (Å²) in [6.45, 7) is -0.374. The predicted octanol–water partition coefficient (Wildman–Crippen LogP) is 3.22. The summed E-state index contributed by atoms with van der Waals surface area (Å²) in [5.41, 5.74) is -0.226. The van der Waals surface area contributed by atoms with Crippen molar-refractivity contribution in [1.29, 1.82) is 0 Å². The third kappa shape index (κ3) is 3.26. The second-order valence-corrected chi connectivity index (χ2v) is 3.92. The molecule has 2 rings (SSSR count). The van der Waals surface area contributed by atoms with Crippen LogP contribution in [0.2, 0.25) is 0 Å². The van der Waals surface area contributed by atoms with Crippen LogP contribution in [0.5, 0.6) is 5.75 Å². The van der Waals surface area contributed by atoms with Crippen molar-refractivity contribution in [2.24, 2.45) is 0 Å². The number of hydrogen-bond donors (Lipinski definition) is 1. The van der Waals surface area contributed by atoms with Crippen molar-refractivity contribution in [3.05, 3.63) is 65.5 Å². The average Bonchev–Trinajstić information content (AvgIpc) is 2.40. The van der Waals surface area contributed by atoms with Gasteiger partial charge in [-0.25, -0.2) is 13.2 Å². The summed E-state index contributed by atoms with van der Waals surface area (Å²) in [5, 5.41) is 9.72. The normalized spacial score (nSPS) is 12.2. The van der Waals surface area contributed by atoms with Crippen LogP contribution in [0.25, 0.3) is 0 Å². The Morgan fingerprint density at radius 1 is 1.00 bits per heavy atom. The molecule has 0 spiro atoms. The van der Waals surface area contributed by atoms with Crippen molar-refractivity contribution in [1.82, 2.24) is 0 Å². The molecule has 0 fully saturated rings. The Morgan fingerprint density at radius 3 is 2.47 bits per heavy atom. The van der Waals surface area contributed by atoms with Crippen LogP contribution < -0.4 is 4.74 Å². The Balaban J connectivity index is 2.07. The topological polar surface area (TPSA) is 29.5 Å². The van der Waals surface area contributed by atoms with Crippen LogP contribution in [0.1, 0.15) is 11.7 Å². The molecule has 100 valence electrons. The maximum atomic E-state index is 13.4. The molecular formula is C14H11F3O2. The lowest BCUT2D eigenvalue weighted by Crippen LogP contribution is -2.12. The van der Waals surface area contributed by atoms with Crippen molar-refractivity contribution in [3.63, 3.8) is 0 Å². The highest BCUT2D eigenvalue weighted by Crippen LogP contribution is 2.21. The molecule has 1 N–H and O–H groups in total. The minimum atomic E-state index is -1.38. The van der Waals surface area contributed by atoms with E-state index in [1.807, 2.05) is 0 Å². The van der Waals surface area contributed by atoms with Crippen molar-refractivity contribution < 1.29 is 23.0 Å². The molecule has 1 unspecified atom stereocenters. The Labute approximate surface area is 108 Å². The van der Waals surface area contributed by atoms with Crippen LogP contribution in [0.15, 0.2) is 42.5 Å². The third-order valence-corrected chi connectivity index (χ3v) is 2.55. The molecule has 2 aromatic rings. The maximum absolute atomic E-state index is 13.4. The fourth-order valence-electron chi connectivity index (χ4n) is 1.59. The zero-order valence-electron chi connectivity index (χ0n) is 9.82. The number of hydrogen-bond acceptors (Lipinski definition) is 2. The predicted molar refractivity (Wildman–Crippen MR) is 63.2 cm³/mol. The molecule has 2 nitrogen and oxygen atoms in total. The van der Waals surface area contributed by atoms with E-state index in [0.29, 0.717) is 0 Å². The van der Waals surface area contributed by atoms with Crippen molar-refractivity contribution in [2.75, 3.05) is 6.61 Å². The monoisotopic (exact) mass is 268 g/mol. The lowest BCUT2D eigenvalue weighted by atomic mass is 10.1. The van der Waals surface area contributed by atoms with Gasteiger partial charge in [0.2, 0.25) is 0 Å². The van der Waals surface area contributed by atoms with Gasteiger partial charge in [-0.05, 0) is 30.3 Å². The van der Waals surface area contributed by atoms with E-state index in [1.54, 1.807) is 6.07 Å². The van der Waals surface area contributed by atoms with Crippen LogP contribution in [0, 0.1) is 17.5 Å². The van der Waals surface area contributed by atoms with Crippen LogP contribution in [-0.2, 0) is 0 Å². The molecule has 0 bridgehead atoms. The van der Waals surface area contributed by atoms with Gasteiger partial charge in [-0.15, -0.1) is 0 Å². The Hall–Kier alpha value is -2.01. The van der Waals surface area contributed by atoms with Crippen molar-refractivity contribution in [2.45, 2.75) is 6.10 Å². The molecule has 1 atom stereocenters. The number of halogens is 3. The van der Waals surface area contributed by atoms with Crippen LogP contribution >= 0.6 is 0 Å². The highest BCUT2D eigenvalue weighted by Gasteiger charge is 2.15. The standard InChI is InChI=1S/C14H11F3O2/c15-9-5-6-11(16)10(7-9)13(18)8-19-14-4-2-1-3-12(14)17/h1-7,13,18H,8H2. The zero-order chi connectivity index (χ0) is 13.8. The van der Waals surface area contributed by atoms with Crippen molar-refractivity contribution in [3.8, 4) is 5.75 Å². The fraction of sp³-hybridized carbons (Fsp3) is 0.143. The number of benzene rings is 2. The summed E-state index contributed by atoms with van der Waals surface area (Å²) in [6.07, 6.45) is -1.38. The van der Waals surface area contributed by atoms with Gasteiger partial charge in [-0.3, -0.25) is 0 Å². The van der Waals surface area contributed by atoms with E-state index < -0.39 is 23.6 Å². The van der Waals surface area contributed by atoms with Gasteiger partial charge >= 0.3 is 0 Å². The zero-order valence-corrected chi connectivity index (χ0v) is 9.82.